The van der Waals surface area contributed by atoms with Crippen molar-refractivity contribution in [3.05, 3.63) is 0 Å². The molecule has 0 aromatic carbocycles. The van der Waals surface area contributed by atoms with Crippen LogP contribution in [0.25, 0.3) is 0 Å². The SMILES string of the molecule is CCCCOOC(C)(C)CCCC. The van der Waals surface area contributed by atoms with Crippen LogP contribution >= 0.6 is 0 Å². The third-order valence-corrected chi connectivity index (χ3v) is 2.00. The van der Waals surface area contributed by atoms with E-state index in [2.05, 4.69) is 27.7 Å². The minimum Gasteiger partial charge on any atom is -0.236 e. The van der Waals surface area contributed by atoms with Crippen LogP contribution < -0.4 is 0 Å². The van der Waals surface area contributed by atoms with Crippen molar-refractivity contribution in [3.63, 3.8) is 0 Å². The van der Waals surface area contributed by atoms with Crippen molar-refractivity contribution in [1.29, 1.82) is 0 Å². The minimum atomic E-state index is -0.121. The Morgan fingerprint density at radius 1 is 1.00 bits per heavy atom. The van der Waals surface area contributed by atoms with Crippen molar-refractivity contribution >= 4 is 0 Å². The smallest absolute Gasteiger partial charge is 0.0980 e. The fourth-order valence-corrected chi connectivity index (χ4v) is 1.05. The highest BCUT2D eigenvalue weighted by molar-refractivity contribution is 4.65. The number of rotatable bonds is 8. The van der Waals surface area contributed by atoms with Crippen LogP contribution in [0.5, 0.6) is 0 Å². The summed E-state index contributed by atoms with van der Waals surface area (Å²) in [6.07, 6.45) is 5.70. The average molecular weight is 188 g/mol. The van der Waals surface area contributed by atoms with Crippen molar-refractivity contribution in [2.45, 2.75) is 65.4 Å². The fraction of sp³-hybridized carbons (Fsp3) is 1.00. The molecule has 2 heteroatoms. The molecule has 0 aromatic heterocycles. The molecule has 2 nitrogen and oxygen atoms in total. The van der Waals surface area contributed by atoms with Crippen LogP contribution in [0.1, 0.15) is 59.8 Å². The van der Waals surface area contributed by atoms with Gasteiger partial charge < -0.3 is 0 Å². The summed E-state index contributed by atoms with van der Waals surface area (Å²) >= 11 is 0. The molecule has 0 N–H and O–H groups in total. The lowest BCUT2D eigenvalue weighted by Gasteiger charge is -2.23. The van der Waals surface area contributed by atoms with Crippen molar-refractivity contribution in [2.24, 2.45) is 0 Å². The standard InChI is InChI=1S/C11H24O2/c1-5-7-9-11(3,4)13-12-10-8-6-2/h5-10H2,1-4H3. The van der Waals surface area contributed by atoms with Gasteiger partial charge in [-0.1, -0.05) is 33.1 Å². The molecule has 0 saturated heterocycles. The third kappa shape index (κ3) is 8.26. The molecular weight excluding hydrogens is 164 g/mol. The van der Waals surface area contributed by atoms with Gasteiger partial charge in [0.25, 0.3) is 0 Å². The normalized spacial score (nSPS) is 12.0. The second-order valence-corrected chi connectivity index (χ2v) is 4.12. The van der Waals surface area contributed by atoms with Crippen LogP contribution in [0.3, 0.4) is 0 Å². The predicted molar refractivity (Wildman–Crippen MR) is 55.5 cm³/mol. The van der Waals surface area contributed by atoms with E-state index in [1.807, 2.05) is 0 Å². The first-order chi connectivity index (χ1) is 6.12. The van der Waals surface area contributed by atoms with Crippen LogP contribution in [0.4, 0.5) is 0 Å². The van der Waals surface area contributed by atoms with Gasteiger partial charge in [-0.15, -0.1) is 0 Å². The maximum atomic E-state index is 5.33. The van der Waals surface area contributed by atoms with Gasteiger partial charge in [0.2, 0.25) is 0 Å². The first-order valence-corrected chi connectivity index (χ1v) is 5.43. The molecule has 0 fully saturated rings. The summed E-state index contributed by atoms with van der Waals surface area (Å²) < 4.78 is 0. The Labute approximate surface area is 82.5 Å². The largest absolute Gasteiger partial charge is 0.236 e. The highest BCUT2D eigenvalue weighted by Gasteiger charge is 2.18. The first kappa shape index (κ1) is 12.9. The Morgan fingerprint density at radius 3 is 2.15 bits per heavy atom. The lowest BCUT2D eigenvalue weighted by atomic mass is 10.0. The number of hydrogen-bond donors (Lipinski definition) is 0. The van der Waals surface area contributed by atoms with E-state index in [-0.39, 0.29) is 5.60 Å². The zero-order valence-corrected chi connectivity index (χ0v) is 9.56. The van der Waals surface area contributed by atoms with Crippen molar-refractivity contribution in [1.82, 2.24) is 0 Å². The van der Waals surface area contributed by atoms with Crippen LogP contribution in [0.15, 0.2) is 0 Å². The maximum absolute atomic E-state index is 5.33. The zero-order valence-electron chi connectivity index (χ0n) is 9.56. The van der Waals surface area contributed by atoms with Gasteiger partial charge in [-0.3, -0.25) is 0 Å². The summed E-state index contributed by atoms with van der Waals surface area (Å²) in [4.78, 5) is 10.5. The van der Waals surface area contributed by atoms with E-state index < -0.39 is 0 Å². The minimum absolute atomic E-state index is 0.121. The van der Waals surface area contributed by atoms with Gasteiger partial charge in [0.05, 0.1) is 12.2 Å². The summed E-state index contributed by atoms with van der Waals surface area (Å²) in [5.74, 6) is 0. The van der Waals surface area contributed by atoms with E-state index in [4.69, 9.17) is 9.78 Å². The van der Waals surface area contributed by atoms with Gasteiger partial charge in [-0.25, -0.2) is 9.78 Å². The summed E-state index contributed by atoms with van der Waals surface area (Å²) in [5, 5.41) is 0. The summed E-state index contributed by atoms with van der Waals surface area (Å²) in [7, 11) is 0. The Balaban J connectivity index is 3.39. The molecule has 0 atom stereocenters. The van der Waals surface area contributed by atoms with Crippen LogP contribution in [-0.2, 0) is 9.78 Å². The summed E-state index contributed by atoms with van der Waals surface area (Å²) in [6.45, 7) is 9.20. The molecule has 0 amide bonds. The van der Waals surface area contributed by atoms with Gasteiger partial charge in [0.1, 0.15) is 0 Å². The number of hydrogen-bond acceptors (Lipinski definition) is 2. The molecule has 0 aliphatic rings. The maximum Gasteiger partial charge on any atom is 0.0980 e. The molecule has 0 spiro atoms. The zero-order chi connectivity index (χ0) is 10.2. The summed E-state index contributed by atoms with van der Waals surface area (Å²) in [6, 6.07) is 0. The van der Waals surface area contributed by atoms with Crippen molar-refractivity contribution in [2.75, 3.05) is 6.61 Å². The van der Waals surface area contributed by atoms with Gasteiger partial charge in [0.15, 0.2) is 0 Å². The van der Waals surface area contributed by atoms with E-state index >= 15 is 0 Å². The highest BCUT2D eigenvalue weighted by Crippen LogP contribution is 2.18. The topological polar surface area (TPSA) is 18.5 Å². The molecule has 0 aliphatic carbocycles. The molecule has 80 valence electrons. The van der Waals surface area contributed by atoms with Crippen LogP contribution in [0, 0.1) is 0 Å². The average Bonchev–Trinajstić information content (AvgIpc) is 2.09. The lowest BCUT2D eigenvalue weighted by Crippen LogP contribution is -2.24. The quantitative estimate of drug-likeness (QED) is 0.328. The molecule has 0 unspecified atom stereocenters. The van der Waals surface area contributed by atoms with E-state index in [1.165, 1.54) is 12.8 Å². The van der Waals surface area contributed by atoms with Gasteiger partial charge >= 0.3 is 0 Å². The molecule has 0 bridgehead atoms. The number of unbranched alkanes of at least 4 members (excludes halogenated alkanes) is 2. The van der Waals surface area contributed by atoms with Gasteiger partial charge in [-0.05, 0) is 26.7 Å². The van der Waals surface area contributed by atoms with Crippen LogP contribution in [-0.4, -0.2) is 12.2 Å². The van der Waals surface area contributed by atoms with Crippen LogP contribution in [0.2, 0.25) is 0 Å². The molecular formula is C11H24O2. The second kappa shape index (κ2) is 7.34. The molecule has 0 aliphatic heterocycles. The monoisotopic (exact) mass is 188 g/mol. The Bertz CT molecular complexity index is 111. The molecule has 0 saturated carbocycles. The highest BCUT2D eigenvalue weighted by atomic mass is 17.2. The Morgan fingerprint density at radius 2 is 1.62 bits per heavy atom. The Kier molecular flexibility index (Phi) is 7.29. The van der Waals surface area contributed by atoms with E-state index in [0.29, 0.717) is 6.61 Å². The molecule has 13 heavy (non-hydrogen) atoms. The summed E-state index contributed by atoms with van der Waals surface area (Å²) in [5.41, 5.74) is -0.121. The van der Waals surface area contributed by atoms with E-state index in [0.717, 1.165) is 19.3 Å². The lowest BCUT2D eigenvalue weighted by molar-refractivity contribution is -0.354. The fourth-order valence-electron chi connectivity index (χ4n) is 1.05. The Hall–Kier alpha value is -0.0800. The van der Waals surface area contributed by atoms with Gasteiger partial charge in [-0.2, -0.15) is 0 Å². The molecule has 0 aromatic rings. The molecule has 0 heterocycles. The first-order valence-electron chi connectivity index (χ1n) is 5.43. The van der Waals surface area contributed by atoms with Crippen molar-refractivity contribution < 1.29 is 9.78 Å². The van der Waals surface area contributed by atoms with Gasteiger partial charge in [0, 0.05) is 0 Å². The van der Waals surface area contributed by atoms with Crippen molar-refractivity contribution in [3.8, 4) is 0 Å². The second-order valence-electron chi connectivity index (χ2n) is 4.12. The molecule has 0 rings (SSSR count). The third-order valence-electron chi connectivity index (χ3n) is 2.00. The predicted octanol–water partition coefficient (Wildman–Crippen LogP) is 3.70. The van der Waals surface area contributed by atoms with E-state index in [9.17, 15) is 0 Å². The van der Waals surface area contributed by atoms with E-state index in [1.54, 1.807) is 0 Å². The molecule has 0 radical (unpaired) electrons.